The number of hydrogen-bond acceptors (Lipinski definition) is 5. The van der Waals surface area contributed by atoms with Gasteiger partial charge in [0.2, 0.25) is 21.8 Å². The van der Waals surface area contributed by atoms with Gasteiger partial charge in [-0.25, -0.2) is 8.42 Å². The minimum absolute atomic E-state index is 0.0684. The summed E-state index contributed by atoms with van der Waals surface area (Å²) in [6.07, 6.45) is 1.37. The molecule has 0 spiro atoms. The van der Waals surface area contributed by atoms with E-state index in [0.29, 0.717) is 19.5 Å². The van der Waals surface area contributed by atoms with Gasteiger partial charge in [0, 0.05) is 38.8 Å². The first-order valence-electron chi connectivity index (χ1n) is 12.6. The molecule has 9 heteroatoms. The maximum absolute atomic E-state index is 13.1. The molecule has 36 heavy (non-hydrogen) atoms. The molecule has 3 rings (SSSR count). The fourth-order valence-electron chi connectivity index (χ4n) is 4.41. The van der Waals surface area contributed by atoms with E-state index < -0.39 is 16.1 Å². The van der Waals surface area contributed by atoms with Crippen LogP contribution in [0.4, 0.5) is 5.69 Å². The van der Waals surface area contributed by atoms with Crippen molar-refractivity contribution in [2.24, 2.45) is 5.92 Å². The molecule has 2 N–H and O–H groups in total. The Bertz CT molecular complexity index is 1150. The molecule has 1 aliphatic heterocycles. The van der Waals surface area contributed by atoms with Crippen LogP contribution in [-0.2, 0) is 32.6 Å². The van der Waals surface area contributed by atoms with E-state index in [1.54, 1.807) is 17.0 Å². The number of amides is 2. The number of rotatable bonds is 12. The molecule has 0 saturated heterocycles. The van der Waals surface area contributed by atoms with Crippen LogP contribution in [0.1, 0.15) is 45.2 Å². The van der Waals surface area contributed by atoms with Gasteiger partial charge >= 0.3 is 0 Å². The van der Waals surface area contributed by atoms with Crippen LogP contribution in [0.5, 0.6) is 0 Å². The van der Waals surface area contributed by atoms with E-state index in [1.807, 2.05) is 32.0 Å². The van der Waals surface area contributed by atoms with E-state index in [2.05, 4.69) is 34.0 Å². The van der Waals surface area contributed by atoms with Crippen molar-refractivity contribution in [2.75, 3.05) is 31.1 Å². The van der Waals surface area contributed by atoms with Gasteiger partial charge < -0.3 is 10.2 Å². The highest BCUT2D eigenvalue weighted by Crippen LogP contribution is 2.30. The van der Waals surface area contributed by atoms with Gasteiger partial charge in [0.15, 0.2) is 0 Å². The van der Waals surface area contributed by atoms with Crippen LogP contribution < -0.4 is 14.9 Å². The molecule has 1 atom stereocenters. The summed E-state index contributed by atoms with van der Waals surface area (Å²) in [5, 5.41) is 2.90. The van der Waals surface area contributed by atoms with Crippen LogP contribution in [0, 0.1) is 5.92 Å². The molecule has 196 valence electrons. The van der Waals surface area contributed by atoms with E-state index in [0.717, 1.165) is 37.3 Å². The lowest BCUT2D eigenvalue weighted by Crippen LogP contribution is -2.50. The minimum atomic E-state index is -3.91. The quantitative estimate of drug-likeness (QED) is 0.425. The predicted octanol–water partition coefficient (Wildman–Crippen LogP) is 2.93. The van der Waals surface area contributed by atoms with Gasteiger partial charge in [0.25, 0.3) is 0 Å². The minimum Gasteiger partial charge on any atom is -0.355 e. The van der Waals surface area contributed by atoms with E-state index in [4.69, 9.17) is 0 Å². The Morgan fingerprint density at radius 1 is 1.11 bits per heavy atom. The molecular formula is C27H38N4O4S. The third-order valence-corrected chi connectivity index (χ3v) is 7.95. The van der Waals surface area contributed by atoms with Crippen LogP contribution >= 0.6 is 0 Å². The Morgan fingerprint density at radius 3 is 2.47 bits per heavy atom. The summed E-state index contributed by atoms with van der Waals surface area (Å²) in [5.41, 5.74) is 2.81. The van der Waals surface area contributed by atoms with Gasteiger partial charge in [-0.15, -0.1) is 0 Å². The summed E-state index contributed by atoms with van der Waals surface area (Å²) >= 11 is 0. The van der Waals surface area contributed by atoms with Crippen molar-refractivity contribution in [1.82, 2.24) is 14.9 Å². The smallest absolute Gasteiger partial charge is 0.241 e. The number of fused-ring (bicyclic) bond motifs is 1. The molecule has 0 fully saturated rings. The molecule has 8 nitrogen and oxygen atoms in total. The number of carbonyl (C=O) groups excluding carboxylic acids is 2. The number of nitrogens with zero attached hydrogens (tertiary/aromatic N) is 2. The highest BCUT2D eigenvalue weighted by Gasteiger charge is 2.30. The number of sulfonamides is 1. The molecule has 0 aliphatic carbocycles. The maximum atomic E-state index is 13.1. The molecule has 0 saturated carbocycles. The summed E-state index contributed by atoms with van der Waals surface area (Å²) in [4.78, 5) is 28.7. The van der Waals surface area contributed by atoms with E-state index >= 15 is 0 Å². The third-order valence-electron chi connectivity index (χ3n) is 6.51. The summed E-state index contributed by atoms with van der Waals surface area (Å²) in [5.74, 6) is -0.627. The maximum Gasteiger partial charge on any atom is 0.241 e. The van der Waals surface area contributed by atoms with Crippen LogP contribution in [0.25, 0.3) is 0 Å². The van der Waals surface area contributed by atoms with Gasteiger partial charge in [0.05, 0.1) is 4.90 Å². The topological polar surface area (TPSA) is 98.8 Å². The molecule has 1 aliphatic rings. The van der Waals surface area contributed by atoms with Crippen molar-refractivity contribution in [1.29, 1.82) is 0 Å². The first kappa shape index (κ1) is 27.8. The zero-order valence-electron chi connectivity index (χ0n) is 21.7. The SMILES string of the molecule is CCN(CCCNC(=O)[C@@H](NS(=O)(=O)c1ccc2c(c1)CCN2C(C)=O)C(C)C)Cc1ccccc1. The van der Waals surface area contributed by atoms with Crippen LogP contribution in [-0.4, -0.2) is 57.4 Å². The second kappa shape index (κ2) is 12.5. The van der Waals surface area contributed by atoms with Crippen molar-refractivity contribution < 1.29 is 18.0 Å². The van der Waals surface area contributed by atoms with Gasteiger partial charge in [0.1, 0.15) is 6.04 Å². The zero-order valence-corrected chi connectivity index (χ0v) is 22.5. The second-order valence-electron chi connectivity index (χ2n) is 9.55. The third kappa shape index (κ3) is 7.15. The second-order valence-corrected chi connectivity index (χ2v) is 11.3. The summed E-state index contributed by atoms with van der Waals surface area (Å²) in [7, 11) is -3.91. The summed E-state index contributed by atoms with van der Waals surface area (Å²) in [6.45, 7) is 10.8. The van der Waals surface area contributed by atoms with Gasteiger partial charge in [-0.1, -0.05) is 51.1 Å². The number of hydrogen-bond donors (Lipinski definition) is 2. The fraction of sp³-hybridized carbons (Fsp3) is 0.481. The summed E-state index contributed by atoms with van der Waals surface area (Å²) in [6, 6.07) is 14.1. The lowest BCUT2D eigenvalue weighted by molar-refractivity contribution is -0.123. The fourth-order valence-corrected chi connectivity index (χ4v) is 5.81. The summed E-state index contributed by atoms with van der Waals surface area (Å²) < 4.78 is 28.8. The average Bonchev–Trinajstić information content (AvgIpc) is 3.28. The van der Waals surface area contributed by atoms with Gasteiger partial charge in [-0.2, -0.15) is 4.72 Å². The largest absolute Gasteiger partial charge is 0.355 e. The first-order valence-corrected chi connectivity index (χ1v) is 14.1. The zero-order chi connectivity index (χ0) is 26.3. The highest BCUT2D eigenvalue weighted by atomic mass is 32.2. The Kier molecular flexibility index (Phi) is 9.64. The van der Waals surface area contributed by atoms with Crippen molar-refractivity contribution in [2.45, 2.75) is 58.0 Å². The van der Waals surface area contributed by atoms with Crippen LogP contribution in [0.2, 0.25) is 0 Å². The molecule has 2 amide bonds. The molecule has 2 aromatic rings. The average molecular weight is 515 g/mol. The molecule has 0 radical (unpaired) electrons. The Morgan fingerprint density at radius 2 is 1.83 bits per heavy atom. The Balaban J connectivity index is 1.56. The molecular weight excluding hydrogens is 476 g/mol. The number of anilines is 1. The highest BCUT2D eigenvalue weighted by molar-refractivity contribution is 7.89. The Labute approximate surface area is 215 Å². The number of carbonyl (C=O) groups is 2. The van der Waals surface area contributed by atoms with Crippen molar-refractivity contribution in [3.05, 3.63) is 59.7 Å². The van der Waals surface area contributed by atoms with Gasteiger partial charge in [-0.3, -0.25) is 14.5 Å². The normalized spacial score (nSPS) is 14.2. The number of nitrogens with one attached hydrogen (secondary N) is 2. The lowest BCUT2D eigenvalue weighted by Gasteiger charge is -2.23. The van der Waals surface area contributed by atoms with Crippen molar-refractivity contribution in [3.63, 3.8) is 0 Å². The molecule has 0 aromatic heterocycles. The first-order chi connectivity index (χ1) is 17.1. The van der Waals surface area contributed by atoms with Crippen molar-refractivity contribution in [3.8, 4) is 0 Å². The van der Waals surface area contributed by atoms with Crippen LogP contribution in [0.3, 0.4) is 0 Å². The van der Waals surface area contributed by atoms with Crippen LogP contribution in [0.15, 0.2) is 53.4 Å². The molecule has 2 aromatic carbocycles. The molecule has 0 bridgehead atoms. The standard InChI is InChI=1S/C27H38N4O4S/c1-5-30(19-22-10-7-6-8-11-22)16-9-15-28-27(33)26(20(2)3)29-36(34,35)24-12-13-25-23(18-24)14-17-31(25)21(4)32/h6-8,10-13,18,20,26,29H,5,9,14-17,19H2,1-4H3,(H,28,33)/t26-/m0/s1. The lowest BCUT2D eigenvalue weighted by atomic mass is 10.1. The van der Waals surface area contributed by atoms with Gasteiger partial charge in [-0.05, 0) is 54.6 Å². The van der Waals surface area contributed by atoms with Crippen molar-refractivity contribution >= 4 is 27.5 Å². The van der Waals surface area contributed by atoms with E-state index in [-0.39, 0.29) is 22.6 Å². The molecule has 1 heterocycles. The van der Waals surface area contributed by atoms with E-state index in [9.17, 15) is 18.0 Å². The number of benzene rings is 2. The molecule has 0 unspecified atom stereocenters. The van der Waals surface area contributed by atoms with E-state index in [1.165, 1.54) is 18.6 Å². The Hall–Kier alpha value is -2.75. The monoisotopic (exact) mass is 514 g/mol. The predicted molar refractivity (Wildman–Crippen MR) is 142 cm³/mol.